The minimum Gasteiger partial charge on any atom is -0.481 e. The predicted molar refractivity (Wildman–Crippen MR) is 76.6 cm³/mol. The third-order valence-corrected chi connectivity index (χ3v) is 3.75. The summed E-state index contributed by atoms with van der Waals surface area (Å²) in [5.74, 6) is -1.80. The molecular weight excluding hydrogens is 275 g/mol. The Kier molecular flexibility index (Phi) is 5.14. The standard InChI is InChI=1S/C15H19FN2O3/c16-10-6-8-11(9-7-10)17-15(21)18-13-5-3-1-2-4-12(13)14(19)20/h6-9,12-13H,1-5H2,(H,19,20)(H2,17,18,21). The average Bonchev–Trinajstić information content (AvgIpc) is 2.67. The van der Waals surface area contributed by atoms with Gasteiger partial charge in [0.2, 0.25) is 0 Å². The topological polar surface area (TPSA) is 78.4 Å². The summed E-state index contributed by atoms with van der Waals surface area (Å²) in [5, 5.41) is 14.6. The van der Waals surface area contributed by atoms with E-state index < -0.39 is 17.9 Å². The number of hydrogen-bond donors (Lipinski definition) is 3. The van der Waals surface area contributed by atoms with Crippen LogP contribution in [0.15, 0.2) is 24.3 Å². The van der Waals surface area contributed by atoms with E-state index in [0.717, 1.165) is 19.3 Å². The van der Waals surface area contributed by atoms with Crippen LogP contribution in [-0.2, 0) is 4.79 Å². The Balaban J connectivity index is 1.96. The molecule has 1 aliphatic rings. The SMILES string of the molecule is O=C(Nc1ccc(F)cc1)NC1CCCCCC1C(=O)O. The van der Waals surface area contributed by atoms with Crippen molar-refractivity contribution in [2.75, 3.05) is 5.32 Å². The van der Waals surface area contributed by atoms with Crippen LogP contribution in [0.4, 0.5) is 14.9 Å². The summed E-state index contributed by atoms with van der Waals surface area (Å²) in [6.07, 6.45) is 4.01. The van der Waals surface area contributed by atoms with Crippen LogP contribution in [0.2, 0.25) is 0 Å². The van der Waals surface area contributed by atoms with Crippen LogP contribution in [0.5, 0.6) is 0 Å². The second kappa shape index (κ2) is 7.06. The maximum atomic E-state index is 12.8. The molecule has 0 heterocycles. The molecule has 1 aliphatic carbocycles. The normalized spacial score (nSPS) is 22.1. The molecule has 6 heteroatoms. The van der Waals surface area contributed by atoms with Crippen LogP contribution in [0.3, 0.4) is 0 Å². The smallest absolute Gasteiger partial charge is 0.319 e. The van der Waals surface area contributed by atoms with E-state index in [9.17, 15) is 19.1 Å². The van der Waals surface area contributed by atoms with Gasteiger partial charge in [-0.15, -0.1) is 0 Å². The molecule has 1 fully saturated rings. The number of carboxylic acid groups (broad SMARTS) is 1. The first-order chi connectivity index (χ1) is 10.1. The number of carboxylic acids is 1. The summed E-state index contributed by atoms with van der Waals surface area (Å²) < 4.78 is 12.8. The molecule has 1 aromatic carbocycles. The lowest BCUT2D eigenvalue weighted by atomic mass is 9.95. The summed E-state index contributed by atoms with van der Waals surface area (Å²) in [5.41, 5.74) is 0.467. The van der Waals surface area contributed by atoms with Gasteiger partial charge in [0, 0.05) is 11.7 Å². The van der Waals surface area contributed by atoms with Crippen molar-refractivity contribution < 1.29 is 19.1 Å². The largest absolute Gasteiger partial charge is 0.481 e. The molecule has 2 atom stereocenters. The molecule has 0 radical (unpaired) electrons. The molecule has 5 nitrogen and oxygen atoms in total. The lowest BCUT2D eigenvalue weighted by Crippen LogP contribution is -2.44. The zero-order chi connectivity index (χ0) is 15.2. The van der Waals surface area contributed by atoms with Crippen molar-refractivity contribution in [2.45, 2.75) is 38.1 Å². The van der Waals surface area contributed by atoms with Crippen molar-refractivity contribution in [2.24, 2.45) is 5.92 Å². The van der Waals surface area contributed by atoms with Gasteiger partial charge in [0.25, 0.3) is 0 Å². The van der Waals surface area contributed by atoms with Gasteiger partial charge in [-0.2, -0.15) is 0 Å². The highest BCUT2D eigenvalue weighted by molar-refractivity contribution is 5.89. The third kappa shape index (κ3) is 4.44. The minimum absolute atomic E-state index is 0.370. The zero-order valence-electron chi connectivity index (χ0n) is 11.6. The van der Waals surface area contributed by atoms with Crippen molar-refractivity contribution in [1.29, 1.82) is 0 Å². The van der Waals surface area contributed by atoms with Gasteiger partial charge >= 0.3 is 12.0 Å². The molecule has 0 bridgehead atoms. The summed E-state index contributed by atoms with van der Waals surface area (Å²) >= 11 is 0. The fourth-order valence-corrected chi connectivity index (χ4v) is 2.64. The summed E-state index contributed by atoms with van der Waals surface area (Å²) in [7, 11) is 0. The molecule has 0 spiro atoms. The van der Waals surface area contributed by atoms with Crippen LogP contribution < -0.4 is 10.6 Å². The number of rotatable bonds is 3. The first-order valence-electron chi connectivity index (χ1n) is 7.12. The number of halogens is 1. The van der Waals surface area contributed by atoms with Crippen LogP contribution >= 0.6 is 0 Å². The van der Waals surface area contributed by atoms with E-state index in [0.29, 0.717) is 18.5 Å². The molecule has 0 aromatic heterocycles. The van der Waals surface area contributed by atoms with Gasteiger partial charge in [0.1, 0.15) is 5.82 Å². The number of carbonyl (C=O) groups is 2. The summed E-state index contributed by atoms with van der Waals surface area (Å²) in [4.78, 5) is 23.2. The van der Waals surface area contributed by atoms with Gasteiger partial charge in [0.15, 0.2) is 0 Å². The number of anilines is 1. The lowest BCUT2D eigenvalue weighted by Gasteiger charge is -2.23. The Labute approximate surface area is 122 Å². The Morgan fingerprint density at radius 1 is 1.10 bits per heavy atom. The molecular formula is C15H19FN2O3. The highest BCUT2D eigenvalue weighted by atomic mass is 19.1. The van der Waals surface area contributed by atoms with Crippen molar-refractivity contribution in [3.63, 3.8) is 0 Å². The summed E-state index contributed by atoms with van der Waals surface area (Å²) in [6, 6.07) is 4.58. The van der Waals surface area contributed by atoms with Crippen LogP contribution in [0.25, 0.3) is 0 Å². The Bertz CT molecular complexity index is 504. The highest BCUT2D eigenvalue weighted by Gasteiger charge is 2.30. The molecule has 0 aliphatic heterocycles. The average molecular weight is 294 g/mol. The number of carbonyl (C=O) groups excluding carboxylic acids is 1. The van der Waals surface area contributed by atoms with Gasteiger partial charge in [0.05, 0.1) is 5.92 Å². The lowest BCUT2D eigenvalue weighted by molar-refractivity contribution is -0.142. The van der Waals surface area contributed by atoms with Crippen molar-refractivity contribution in [3.8, 4) is 0 Å². The predicted octanol–water partition coefficient (Wildman–Crippen LogP) is 2.98. The van der Waals surface area contributed by atoms with E-state index >= 15 is 0 Å². The quantitative estimate of drug-likeness (QED) is 0.750. The fraction of sp³-hybridized carbons (Fsp3) is 0.467. The molecule has 1 aromatic rings. The molecule has 2 unspecified atom stereocenters. The molecule has 1 saturated carbocycles. The van der Waals surface area contributed by atoms with E-state index in [1.807, 2.05) is 0 Å². The number of benzene rings is 1. The Morgan fingerprint density at radius 3 is 2.43 bits per heavy atom. The number of aliphatic carboxylic acids is 1. The second-order valence-electron chi connectivity index (χ2n) is 5.29. The van der Waals surface area contributed by atoms with Crippen LogP contribution in [0, 0.1) is 11.7 Å². The van der Waals surface area contributed by atoms with Crippen molar-refractivity contribution >= 4 is 17.7 Å². The fourth-order valence-electron chi connectivity index (χ4n) is 2.64. The molecule has 2 rings (SSSR count). The molecule has 114 valence electrons. The third-order valence-electron chi connectivity index (χ3n) is 3.75. The van der Waals surface area contributed by atoms with Crippen LogP contribution in [0.1, 0.15) is 32.1 Å². The maximum absolute atomic E-state index is 12.8. The summed E-state index contributed by atoms with van der Waals surface area (Å²) in [6.45, 7) is 0. The zero-order valence-corrected chi connectivity index (χ0v) is 11.6. The maximum Gasteiger partial charge on any atom is 0.319 e. The van der Waals surface area contributed by atoms with Gasteiger partial charge in [-0.3, -0.25) is 4.79 Å². The van der Waals surface area contributed by atoms with Gasteiger partial charge in [-0.05, 0) is 37.1 Å². The van der Waals surface area contributed by atoms with Gasteiger partial charge in [-0.1, -0.05) is 19.3 Å². The van der Waals surface area contributed by atoms with E-state index in [-0.39, 0.29) is 11.9 Å². The van der Waals surface area contributed by atoms with Crippen molar-refractivity contribution in [1.82, 2.24) is 5.32 Å². The molecule has 3 N–H and O–H groups in total. The number of amides is 2. The van der Waals surface area contributed by atoms with Crippen molar-refractivity contribution in [3.05, 3.63) is 30.1 Å². The monoisotopic (exact) mass is 294 g/mol. The minimum atomic E-state index is -0.871. The first kappa shape index (κ1) is 15.3. The van der Waals surface area contributed by atoms with Gasteiger partial charge < -0.3 is 15.7 Å². The van der Waals surface area contributed by atoms with E-state index in [2.05, 4.69) is 10.6 Å². The number of urea groups is 1. The van der Waals surface area contributed by atoms with E-state index in [1.165, 1.54) is 24.3 Å². The number of nitrogens with one attached hydrogen (secondary N) is 2. The Morgan fingerprint density at radius 2 is 1.76 bits per heavy atom. The Hall–Kier alpha value is -2.11. The van der Waals surface area contributed by atoms with Gasteiger partial charge in [-0.25, -0.2) is 9.18 Å². The first-order valence-corrected chi connectivity index (χ1v) is 7.12. The highest BCUT2D eigenvalue weighted by Crippen LogP contribution is 2.24. The molecule has 21 heavy (non-hydrogen) atoms. The molecule has 0 saturated heterocycles. The van der Waals surface area contributed by atoms with E-state index in [1.54, 1.807) is 0 Å². The second-order valence-corrected chi connectivity index (χ2v) is 5.29. The van der Waals surface area contributed by atoms with Crippen LogP contribution in [-0.4, -0.2) is 23.1 Å². The molecule has 2 amide bonds. The number of hydrogen-bond acceptors (Lipinski definition) is 2. The van der Waals surface area contributed by atoms with E-state index in [4.69, 9.17) is 0 Å².